The molecule has 1 unspecified atom stereocenters. The molecule has 1 aliphatic heterocycles. The van der Waals surface area contributed by atoms with E-state index in [1.807, 2.05) is 6.07 Å². The molecule has 0 radical (unpaired) electrons. The largest absolute Gasteiger partial charge is 0.497 e. The van der Waals surface area contributed by atoms with Crippen LogP contribution in [0.3, 0.4) is 0 Å². The molecule has 124 valence electrons. The van der Waals surface area contributed by atoms with Gasteiger partial charge < -0.3 is 9.72 Å². The van der Waals surface area contributed by atoms with Crippen LogP contribution in [0.4, 0.5) is 0 Å². The van der Waals surface area contributed by atoms with Gasteiger partial charge in [0.25, 0.3) is 0 Å². The fraction of sp³-hybridized carbons (Fsp3) is 0.333. The Morgan fingerprint density at radius 3 is 2.50 bits per heavy atom. The Morgan fingerprint density at radius 2 is 1.79 bits per heavy atom. The van der Waals surface area contributed by atoms with Crippen LogP contribution < -0.4 is 4.74 Å². The molecule has 1 atom stereocenters. The van der Waals surface area contributed by atoms with Crippen LogP contribution in [0, 0.1) is 6.92 Å². The van der Waals surface area contributed by atoms with Gasteiger partial charge in [-0.3, -0.25) is 4.90 Å². The lowest BCUT2D eigenvalue weighted by Gasteiger charge is -2.28. The molecule has 0 saturated carbocycles. The van der Waals surface area contributed by atoms with Crippen LogP contribution in [0.1, 0.15) is 35.6 Å². The van der Waals surface area contributed by atoms with Crippen LogP contribution in [0.25, 0.3) is 10.9 Å². The van der Waals surface area contributed by atoms with Crippen molar-refractivity contribution in [3.05, 3.63) is 65.4 Å². The minimum absolute atomic E-state index is 0.300. The SMILES string of the molecule is COc1ccc2[nH]cc(C(c3ccc(C)cc3)N3CCCC3)c2c1. The topological polar surface area (TPSA) is 28.3 Å². The predicted octanol–water partition coefficient (Wildman–Crippen LogP) is 4.67. The molecule has 2 aromatic carbocycles. The molecule has 3 aromatic rings. The van der Waals surface area contributed by atoms with E-state index >= 15 is 0 Å². The predicted molar refractivity (Wildman–Crippen MR) is 98.7 cm³/mol. The molecule has 4 rings (SSSR count). The molecular formula is C21H24N2O. The van der Waals surface area contributed by atoms with Crippen molar-refractivity contribution >= 4 is 10.9 Å². The highest BCUT2D eigenvalue weighted by molar-refractivity contribution is 5.85. The number of nitrogens with one attached hydrogen (secondary N) is 1. The monoisotopic (exact) mass is 320 g/mol. The number of fused-ring (bicyclic) bond motifs is 1. The lowest BCUT2D eigenvalue weighted by atomic mass is 9.96. The van der Waals surface area contributed by atoms with Crippen LogP contribution in [0.2, 0.25) is 0 Å². The Balaban J connectivity index is 1.85. The highest BCUT2D eigenvalue weighted by Crippen LogP contribution is 2.36. The maximum absolute atomic E-state index is 5.45. The molecule has 1 aromatic heterocycles. The third-order valence-electron chi connectivity index (χ3n) is 5.11. The van der Waals surface area contributed by atoms with Gasteiger partial charge in [0.2, 0.25) is 0 Å². The zero-order valence-corrected chi connectivity index (χ0v) is 14.4. The number of aryl methyl sites for hydroxylation is 1. The van der Waals surface area contributed by atoms with Crippen LogP contribution in [-0.4, -0.2) is 30.1 Å². The number of benzene rings is 2. The first-order valence-corrected chi connectivity index (χ1v) is 8.72. The number of aromatic nitrogens is 1. The number of ether oxygens (including phenoxy) is 1. The van der Waals surface area contributed by atoms with E-state index in [9.17, 15) is 0 Å². The second-order valence-electron chi connectivity index (χ2n) is 6.71. The smallest absolute Gasteiger partial charge is 0.119 e. The van der Waals surface area contributed by atoms with Crippen LogP contribution in [-0.2, 0) is 0 Å². The third-order valence-corrected chi connectivity index (χ3v) is 5.11. The van der Waals surface area contributed by atoms with Crippen molar-refractivity contribution in [3.63, 3.8) is 0 Å². The third kappa shape index (κ3) is 2.69. The van der Waals surface area contributed by atoms with Crippen molar-refractivity contribution < 1.29 is 4.74 Å². The Labute approximate surface area is 143 Å². The van der Waals surface area contributed by atoms with Gasteiger partial charge in [0, 0.05) is 17.1 Å². The van der Waals surface area contributed by atoms with E-state index in [4.69, 9.17) is 4.74 Å². The zero-order chi connectivity index (χ0) is 16.5. The summed E-state index contributed by atoms with van der Waals surface area (Å²) < 4.78 is 5.45. The Kier molecular flexibility index (Phi) is 4.03. The summed E-state index contributed by atoms with van der Waals surface area (Å²) in [6.45, 7) is 4.47. The maximum Gasteiger partial charge on any atom is 0.119 e. The minimum Gasteiger partial charge on any atom is -0.497 e. The Hall–Kier alpha value is -2.26. The molecule has 3 heteroatoms. The van der Waals surface area contributed by atoms with Crippen LogP contribution in [0.15, 0.2) is 48.7 Å². The van der Waals surface area contributed by atoms with Crippen molar-refractivity contribution in [2.24, 2.45) is 0 Å². The van der Waals surface area contributed by atoms with Crippen molar-refractivity contribution in [2.75, 3.05) is 20.2 Å². The van der Waals surface area contributed by atoms with Crippen molar-refractivity contribution in [2.45, 2.75) is 25.8 Å². The van der Waals surface area contributed by atoms with Gasteiger partial charge in [0.05, 0.1) is 13.2 Å². The van der Waals surface area contributed by atoms with E-state index in [-0.39, 0.29) is 0 Å². The fourth-order valence-electron chi connectivity index (χ4n) is 3.81. The minimum atomic E-state index is 0.300. The van der Waals surface area contributed by atoms with Crippen LogP contribution in [0.5, 0.6) is 5.75 Å². The normalized spacial score (nSPS) is 16.6. The first-order chi connectivity index (χ1) is 11.8. The molecule has 0 bridgehead atoms. The summed E-state index contributed by atoms with van der Waals surface area (Å²) in [5.74, 6) is 0.910. The first kappa shape index (κ1) is 15.3. The van der Waals surface area contributed by atoms with E-state index in [2.05, 4.69) is 59.4 Å². The number of rotatable bonds is 4. The molecule has 0 aliphatic carbocycles. The number of likely N-dealkylation sites (tertiary alicyclic amines) is 1. The molecule has 1 fully saturated rings. The summed E-state index contributed by atoms with van der Waals surface area (Å²) >= 11 is 0. The first-order valence-electron chi connectivity index (χ1n) is 8.72. The van der Waals surface area contributed by atoms with Gasteiger partial charge in [-0.05, 0) is 62.2 Å². The van der Waals surface area contributed by atoms with E-state index < -0.39 is 0 Å². The van der Waals surface area contributed by atoms with Gasteiger partial charge in [-0.15, -0.1) is 0 Å². The summed E-state index contributed by atoms with van der Waals surface area (Å²) in [5.41, 5.74) is 5.18. The van der Waals surface area contributed by atoms with Crippen molar-refractivity contribution in [1.82, 2.24) is 9.88 Å². The number of hydrogen-bond donors (Lipinski definition) is 1. The fourth-order valence-corrected chi connectivity index (χ4v) is 3.81. The molecule has 24 heavy (non-hydrogen) atoms. The number of methoxy groups -OCH3 is 1. The van der Waals surface area contributed by atoms with Gasteiger partial charge >= 0.3 is 0 Å². The highest BCUT2D eigenvalue weighted by atomic mass is 16.5. The molecule has 1 N–H and O–H groups in total. The Morgan fingerprint density at radius 1 is 1.04 bits per heavy atom. The lowest BCUT2D eigenvalue weighted by Crippen LogP contribution is -2.26. The molecule has 3 nitrogen and oxygen atoms in total. The lowest BCUT2D eigenvalue weighted by molar-refractivity contribution is 0.282. The average Bonchev–Trinajstić information content (AvgIpc) is 3.27. The van der Waals surface area contributed by atoms with Crippen molar-refractivity contribution in [1.29, 1.82) is 0 Å². The number of aromatic amines is 1. The average molecular weight is 320 g/mol. The summed E-state index contributed by atoms with van der Waals surface area (Å²) in [4.78, 5) is 6.05. The van der Waals surface area contributed by atoms with Gasteiger partial charge in [0.1, 0.15) is 5.75 Å². The summed E-state index contributed by atoms with van der Waals surface area (Å²) in [6.07, 6.45) is 4.75. The summed E-state index contributed by atoms with van der Waals surface area (Å²) in [6, 6.07) is 15.6. The van der Waals surface area contributed by atoms with Gasteiger partial charge in [-0.1, -0.05) is 29.8 Å². The van der Waals surface area contributed by atoms with Gasteiger partial charge in [-0.2, -0.15) is 0 Å². The molecular weight excluding hydrogens is 296 g/mol. The molecule has 0 amide bonds. The summed E-state index contributed by atoms with van der Waals surface area (Å²) in [7, 11) is 1.73. The van der Waals surface area contributed by atoms with E-state index in [0.29, 0.717) is 6.04 Å². The van der Waals surface area contributed by atoms with E-state index in [1.165, 1.54) is 40.4 Å². The molecule has 1 saturated heterocycles. The molecule has 0 spiro atoms. The second-order valence-corrected chi connectivity index (χ2v) is 6.71. The van der Waals surface area contributed by atoms with Crippen molar-refractivity contribution in [3.8, 4) is 5.75 Å². The Bertz CT molecular complexity index is 829. The van der Waals surface area contributed by atoms with E-state index in [1.54, 1.807) is 7.11 Å². The highest BCUT2D eigenvalue weighted by Gasteiger charge is 2.27. The molecule has 2 heterocycles. The summed E-state index contributed by atoms with van der Waals surface area (Å²) in [5, 5.41) is 1.26. The second kappa shape index (κ2) is 6.33. The van der Waals surface area contributed by atoms with Crippen LogP contribution >= 0.6 is 0 Å². The maximum atomic E-state index is 5.45. The quantitative estimate of drug-likeness (QED) is 0.756. The molecule has 1 aliphatic rings. The zero-order valence-electron chi connectivity index (χ0n) is 14.4. The standard InChI is InChI=1S/C21H24N2O/c1-15-5-7-16(8-6-15)21(23-11-3-4-12-23)19-14-22-20-10-9-17(24-2)13-18(19)20/h5-10,13-14,21-22H,3-4,11-12H2,1-2H3. The van der Waals surface area contributed by atoms with E-state index in [0.717, 1.165) is 18.8 Å². The number of H-pyrrole nitrogens is 1. The number of hydrogen-bond acceptors (Lipinski definition) is 2. The van der Waals surface area contributed by atoms with Gasteiger partial charge in [-0.25, -0.2) is 0 Å². The van der Waals surface area contributed by atoms with Gasteiger partial charge in [0.15, 0.2) is 0 Å². The number of nitrogens with zero attached hydrogens (tertiary/aromatic N) is 1.